The molecule has 0 bridgehead atoms. The van der Waals surface area contributed by atoms with Crippen LogP contribution in [0.4, 0.5) is 11.4 Å². The number of rotatable bonds is 5. The summed E-state index contributed by atoms with van der Waals surface area (Å²) in [7, 11) is 0. The van der Waals surface area contributed by atoms with Crippen molar-refractivity contribution in [2.24, 2.45) is 0 Å². The summed E-state index contributed by atoms with van der Waals surface area (Å²) in [6.07, 6.45) is 0.258. The molecule has 8 heteroatoms. The van der Waals surface area contributed by atoms with E-state index in [0.717, 1.165) is 16.9 Å². The van der Waals surface area contributed by atoms with Gasteiger partial charge < -0.3 is 20.4 Å². The van der Waals surface area contributed by atoms with Crippen LogP contribution in [0.15, 0.2) is 78.9 Å². The fraction of sp³-hybridized carbons (Fsp3) is 0.192. The Morgan fingerprint density at radius 3 is 2.21 bits per heavy atom. The summed E-state index contributed by atoms with van der Waals surface area (Å²) in [4.78, 5) is 29.2. The Morgan fingerprint density at radius 1 is 0.853 bits per heavy atom. The van der Waals surface area contributed by atoms with Gasteiger partial charge in [-0.2, -0.15) is 0 Å². The molecule has 4 rings (SSSR count). The fourth-order valence-electron chi connectivity index (χ4n) is 3.89. The quantitative estimate of drug-likeness (QED) is 0.518. The Kier molecular flexibility index (Phi) is 7.77. The average Bonchev–Trinajstić information content (AvgIpc) is 2.85. The van der Waals surface area contributed by atoms with Gasteiger partial charge in [0.25, 0.3) is 5.91 Å². The number of hydrogen-bond donors (Lipinski definition) is 2. The molecule has 0 radical (unpaired) electrons. The van der Waals surface area contributed by atoms with E-state index in [2.05, 4.69) is 15.5 Å². The summed E-state index contributed by atoms with van der Waals surface area (Å²) < 4.78 is 0. The number of nitrogens with one attached hydrogen (secondary N) is 2. The highest BCUT2D eigenvalue weighted by molar-refractivity contribution is 7.80. The number of para-hydroxylation sites is 2. The van der Waals surface area contributed by atoms with Crippen molar-refractivity contribution in [2.45, 2.75) is 6.42 Å². The van der Waals surface area contributed by atoms with E-state index in [1.165, 1.54) is 0 Å². The molecule has 0 saturated carbocycles. The van der Waals surface area contributed by atoms with E-state index >= 15 is 0 Å². The normalized spacial score (nSPS) is 13.3. The smallest absolute Gasteiger partial charge is 0.253 e. The molecular weight excluding hydrogens is 468 g/mol. The zero-order valence-electron chi connectivity index (χ0n) is 18.5. The summed E-state index contributed by atoms with van der Waals surface area (Å²) in [5, 5.41) is 6.77. The Morgan fingerprint density at radius 2 is 1.50 bits per heavy atom. The summed E-state index contributed by atoms with van der Waals surface area (Å²) in [6.45, 7) is 2.58. The topological polar surface area (TPSA) is 64.7 Å². The lowest BCUT2D eigenvalue weighted by Crippen LogP contribution is -2.49. The van der Waals surface area contributed by atoms with Crippen LogP contribution >= 0.6 is 23.8 Å². The Labute approximate surface area is 209 Å². The Balaban J connectivity index is 1.34. The van der Waals surface area contributed by atoms with Crippen molar-refractivity contribution in [3.8, 4) is 0 Å². The number of anilines is 2. The lowest BCUT2D eigenvalue weighted by molar-refractivity contribution is -0.119. The molecule has 3 aromatic rings. The van der Waals surface area contributed by atoms with Crippen LogP contribution in [0, 0.1) is 0 Å². The third-order valence-electron chi connectivity index (χ3n) is 5.61. The zero-order chi connectivity index (χ0) is 23.9. The number of nitrogens with zero attached hydrogens (tertiary/aromatic N) is 2. The highest BCUT2D eigenvalue weighted by atomic mass is 35.5. The molecule has 0 aromatic heterocycles. The first kappa shape index (κ1) is 23.7. The van der Waals surface area contributed by atoms with Gasteiger partial charge in [0.1, 0.15) is 0 Å². The molecule has 1 aliphatic rings. The molecule has 2 N–H and O–H groups in total. The van der Waals surface area contributed by atoms with Crippen molar-refractivity contribution in [1.82, 2.24) is 10.2 Å². The Bertz CT molecular complexity index is 1160. The van der Waals surface area contributed by atoms with Gasteiger partial charge in [-0.15, -0.1) is 0 Å². The second-order valence-corrected chi connectivity index (χ2v) is 8.81. The van der Waals surface area contributed by atoms with Crippen molar-refractivity contribution in [1.29, 1.82) is 0 Å². The number of carbonyl (C=O) groups excluding carboxylic acids is 2. The van der Waals surface area contributed by atoms with Crippen molar-refractivity contribution >= 4 is 52.1 Å². The standard InChI is InChI=1S/C26H25ClN4O2S/c27-21-12-10-20(11-13-21)25(33)31-16-14-30(15-17-31)23-9-5-4-8-22(23)28-26(34)29-24(32)18-19-6-2-1-3-7-19/h1-13H,14-18H2,(H2,28,29,32,34). The molecule has 0 spiro atoms. The number of hydrogen-bond acceptors (Lipinski definition) is 4. The molecule has 0 atom stereocenters. The molecule has 1 saturated heterocycles. The average molecular weight is 493 g/mol. The summed E-state index contributed by atoms with van der Waals surface area (Å²) in [5.74, 6) is -0.166. The number of benzene rings is 3. The predicted molar refractivity (Wildman–Crippen MR) is 141 cm³/mol. The third kappa shape index (κ3) is 6.12. The number of piperazine rings is 1. The van der Waals surface area contributed by atoms with Gasteiger partial charge in [-0.05, 0) is 54.2 Å². The maximum Gasteiger partial charge on any atom is 0.253 e. The van der Waals surface area contributed by atoms with E-state index in [0.29, 0.717) is 36.8 Å². The van der Waals surface area contributed by atoms with Crippen molar-refractivity contribution < 1.29 is 9.59 Å². The molecule has 1 aliphatic heterocycles. The van der Waals surface area contributed by atoms with Crippen LogP contribution in [-0.4, -0.2) is 48.0 Å². The highest BCUT2D eigenvalue weighted by Crippen LogP contribution is 2.27. The molecule has 34 heavy (non-hydrogen) atoms. The molecule has 1 fully saturated rings. The number of amides is 2. The van der Waals surface area contributed by atoms with Gasteiger partial charge in [-0.1, -0.05) is 54.1 Å². The second kappa shape index (κ2) is 11.1. The van der Waals surface area contributed by atoms with Crippen LogP contribution in [0.3, 0.4) is 0 Å². The van der Waals surface area contributed by atoms with Gasteiger partial charge in [0, 0.05) is 36.8 Å². The van der Waals surface area contributed by atoms with Crippen LogP contribution < -0.4 is 15.5 Å². The molecule has 3 aromatic carbocycles. The van der Waals surface area contributed by atoms with E-state index in [1.54, 1.807) is 24.3 Å². The van der Waals surface area contributed by atoms with Crippen LogP contribution in [0.5, 0.6) is 0 Å². The second-order valence-electron chi connectivity index (χ2n) is 7.97. The molecule has 174 valence electrons. The highest BCUT2D eigenvalue weighted by Gasteiger charge is 2.23. The van der Waals surface area contributed by atoms with Gasteiger partial charge >= 0.3 is 0 Å². The molecule has 0 unspecified atom stereocenters. The van der Waals surface area contributed by atoms with Crippen LogP contribution in [0.25, 0.3) is 0 Å². The first-order valence-corrected chi connectivity index (χ1v) is 11.8. The van der Waals surface area contributed by atoms with Gasteiger partial charge in [0.05, 0.1) is 17.8 Å². The van der Waals surface area contributed by atoms with E-state index in [4.69, 9.17) is 23.8 Å². The molecule has 1 heterocycles. The van der Waals surface area contributed by atoms with E-state index in [1.807, 2.05) is 59.5 Å². The van der Waals surface area contributed by atoms with Crippen molar-refractivity contribution in [3.05, 3.63) is 95.0 Å². The van der Waals surface area contributed by atoms with Gasteiger partial charge in [0.15, 0.2) is 5.11 Å². The minimum atomic E-state index is -0.171. The largest absolute Gasteiger partial charge is 0.366 e. The first-order valence-electron chi connectivity index (χ1n) is 11.0. The van der Waals surface area contributed by atoms with Gasteiger partial charge in [-0.25, -0.2) is 0 Å². The van der Waals surface area contributed by atoms with E-state index in [-0.39, 0.29) is 23.3 Å². The minimum Gasteiger partial charge on any atom is -0.366 e. The third-order valence-corrected chi connectivity index (χ3v) is 6.07. The van der Waals surface area contributed by atoms with Crippen LogP contribution in [-0.2, 0) is 11.2 Å². The predicted octanol–water partition coefficient (Wildman–Crippen LogP) is 4.36. The van der Waals surface area contributed by atoms with Crippen LogP contribution in [0.2, 0.25) is 5.02 Å². The minimum absolute atomic E-state index is 0.00466. The number of carbonyl (C=O) groups is 2. The maximum absolute atomic E-state index is 12.8. The Hall–Kier alpha value is -3.42. The zero-order valence-corrected chi connectivity index (χ0v) is 20.1. The first-order chi connectivity index (χ1) is 16.5. The monoisotopic (exact) mass is 492 g/mol. The lowest BCUT2D eigenvalue weighted by atomic mass is 10.1. The summed E-state index contributed by atoms with van der Waals surface area (Å²) in [6, 6.07) is 24.3. The summed E-state index contributed by atoms with van der Waals surface area (Å²) in [5.41, 5.74) is 3.34. The lowest BCUT2D eigenvalue weighted by Gasteiger charge is -2.37. The van der Waals surface area contributed by atoms with Gasteiger partial charge in [-0.3, -0.25) is 9.59 Å². The fourth-order valence-corrected chi connectivity index (χ4v) is 4.24. The van der Waals surface area contributed by atoms with Crippen LogP contribution in [0.1, 0.15) is 15.9 Å². The molecule has 6 nitrogen and oxygen atoms in total. The van der Waals surface area contributed by atoms with E-state index in [9.17, 15) is 9.59 Å². The number of thiocarbonyl (C=S) groups is 1. The summed E-state index contributed by atoms with van der Waals surface area (Å²) >= 11 is 11.3. The van der Waals surface area contributed by atoms with Gasteiger partial charge in [0.2, 0.25) is 5.91 Å². The number of halogens is 1. The maximum atomic E-state index is 12.8. The molecular formula is C26H25ClN4O2S. The van der Waals surface area contributed by atoms with Crippen molar-refractivity contribution in [2.75, 3.05) is 36.4 Å². The van der Waals surface area contributed by atoms with Crippen molar-refractivity contribution in [3.63, 3.8) is 0 Å². The van der Waals surface area contributed by atoms with E-state index < -0.39 is 0 Å². The SMILES string of the molecule is O=C(Cc1ccccc1)NC(=S)Nc1ccccc1N1CCN(C(=O)c2ccc(Cl)cc2)CC1. The molecule has 2 amide bonds. The molecule has 0 aliphatic carbocycles.